The minimum Gasteiger partial charge on any atom is -0.346 e. The number of carbonyl (C=O) groups is 1. The van der Waals surface area contributed by atoms with Crippen molar-refractivity contribution in [3.8, 4) is 11.1 Å². The number of hydrogen-bond donors (Lipinski definition) is 2. The molecule has 1 aliphatic rings. The lowest BCUT2D eigenvalue weighted by Gasteiger charge is -2.27. The van der Waals surface area contributed by atoms with Gasteiger partial charge >= 0.3 is 0 Å². The van der Waals surface area contributed by atoms with Crippen LogP contribution >= 0.6 is 0 Å². The maximum Gasteiger partial charge on any atom is 0.270 e. The van der Waals surface area contributed by atoms with Crippen molar-refractivity contribution in [2.75, 3.05) is 30.6 Å². The molecule has 0 spiro atoms. The topological polar surface area (TPSA) is 113 Å². The summed E-state index contributed by atoms with van der Waals surface area (Å²) in [5.74, 6) is -0.240. The fourth-order valence-corrected chi connectivity index (χ4v) is 6.09. The molecule has 5 rings (SSSR count). The predicted octanol–water partition coefficient (Wildman–Crippen LogP) is 4.57. The Morgan fingerprint density at radius 2 is 1.67 bits per heavy atom. The number of anilines is 1. The fraction of sp³-hybridized carbons (Fsp3) is 0.344. The van der Waals surface area contributed by atoms with Gasteiger partial charge in [-0.1, -0.05) is 36.4 Å². The first kappa shape index (κ1) is 29.5. The van der Waals surface area contributed by atoms with Crippen molar-refractivity contribution in [2.45, 2.75) is 45.7 Å². The number of benzene rings is 3. The second-order valence-electron chi connectivity index (χ2n) is 11.2. The monoisotopic (exact) mass is 587 g/mol. The summed E-state index contributed by atoms with van der Waals surface area (Å²) in [4.78, 5) is 33.3. The van der Waals surface area contributed by atoms with Gasteiger partial charge < -0.3 is 10.2 Å². The summed E-state index contributed by atoms with van der Waals surface area (Å²) < 4.78 is 27.4. The smallest absolute Gasteiger partial charge is 0.270 e. The van der Waals surface area contributed by atoms with Gasteiger partial charge in [0.25, 0.3) is 5.56 Å². The third-order valence-electron chi connectivity index (χ3n) is 7.94. The zero-order valence-corrected chi connectivity index (χ0v) is 25.2. The number of sulfonamides is 1. The molecule has 4 aromatic rings. The molecule has 3 aromatic carbocycles. The van der Waals surface area contributed by atoms with Crippen molar-refractivity contribution >= 4 is 32.7 Å². The average molecular weight is 588 g/mol. The molecule has 1 aliphatic heterocycles. The van der Waals surface area contributed by atoms with Gasteiger partial charge in [0, 0.05) is 12.2 Å². The first-order valence-electron chi connectivity index (χ1n) is 14.2. The highest BCUT2D eigenvalue weighted by Crippen LogP contribution is 2.27. The van der Waals surface area contributed by atoms with Crippen LogP contribution in [0.2, 0.25) is 0 Å². The molecule has 1 amide bonds. The highest BCUT2D eigenvalue weighted by molar-refractivity contribution is 7.92. The zero-order valence-electron chi connectivity index (χ0n) is 24.4. The molecule has 0 radical (unpaired) electrons. The third-order valence-corrected chi connectivity index (χ3v) is 8.54. The Balaban J connectivity index is 1.42. The van der Waals surface area contributed by atoms with Gasteiger partial charge in [0.2, 0.25) is 15.9 Å². The van der Waals surface area contributed by atoms with Crippen molar-refractivity contribution in [1.82, 2.24) is 19.8 Å². The number of aromatic nitrogens is 2. The van der Waals surface area contributed by atoms with E-state index in [1.807, 2.05) is 62.4 Å². The molecule has 9 nitrogen and oxygen atoms in total. The number of amides is 1. The largest absolute Gasteiger partial charge is 0.346 e. The van der Waals surface area contributed by atoms with Gasteiger partial charge in [-0.2, -0.15) is 0 Å². The Kier molecular flexibility index (Phi) is 8.47. The molecule has 2 heterocycles. The number of fused-ring (bicyclic) bond motifs is 1. The van der Waals surface area contributed by atoms with Crippen LogP contribution in [0, 0.1) is 13.8 Å². The average Bonchev–Trinajstić information content (AvgIpc) is 3.46. The maximum atomic E-state index is 13.7. The Hall–Kier alpha value is -4.02. The van der Waals surface area contributed by atoms with Crippen molar-refractivity contribution in [1.29, 1.82) is 0 Å². The van der Waals surface area contributed by atoms with Crippen LogP contribution in [-0.4, -0.2) is 54.7 Å². The lowest BCUT2D eigenvalue weighted by atomic mass is 9.99. The molecule has 2 N–H and O–H groups in total. The molecule has 0 aliphatic carbocycles. The van der Waals surface area contributed by atoms with Crippen LogP contribution in [0.5, 0.6) is 0 Å². The summed E-state index contributed by atoms with van der Waals surface area (Å²) >= 11 is 0. The second kappa shape index (κ2) is 12.1. The molecule has 2 atom stereocenters. The van der Waals surface area contributed by atoms with Crippen LogP contribution < -0.4 is 15.6 Å². The van der Waals surface area contributed by atoms with Crippen LogP contribution in [0.15, 0.2) is 71.7 Å². The molecule has 0 bridgehead atoms. The summed E-state index contributed by atoms with van der Waals surface area (Å²) in [5.41, 5.74) is 6.35. The molecule has 2 unspecified atom stereocenters. The molecule has 0 saturated carbocycles. The van der Waals surface area contributed by atoms with E-state index in [9.17, 15) is 18.0 Å². The van der Waals surface area contributed by atoms with Gasteiger partial charge in [-0.05, 0) is 98.8 Å². The molecular formula is C32H37N5O4S. The van der Waals surface area contributed by atoms with Gasteiger partial charge in [0.05, 0.1) is 29.5 Å². The van der Waals surface area contributed by atoms with Gasteiger partial charge in [-0.15, -0.1) is 0 Å². The lowest BCUT2D eigenvalue weighted by Crippen LogP contribution is -2.41. The lowest BCUT2D eigenvalue weighted by molar-refractivity contribution is -0.124. The van der Waals surface area contributed by atoms with Crippen LogP contribution in [0.25, 0.3) is 22.2 Å². The zero-order chi connectivity index (χ0) is 30.0. The predicted molar refractivity (Wildman–Crippen MR) is 167 cm³/mol. The van der Waals surface area contributed by atoms with Crippen LogP contribution in [0.3, 0.4) is 0 Å². The van der Waals surface area contributed by atoms with Gasteiger partial charge in [-0.3, -0.25) is 18.9 Å². The van der Waals surface area contributed by atoms with Crippen molar-refractivity contribution in [2.24, 2.45) is 0 Å². The van der Waals surface area contributed by atoms with E-state index >= 15 is 0 Å². The molecular weight excluding hydrogens is 550 g/mol. The number of hydrogen-bond acceptors (Lipinski definition) is 6. The quantitative estimate of drug-likeness (QED) is 0.297. The van der Waals surface area contributed by atoms with Crippen LogP contribution in [-0.2, 0) is 14.8 Å². The number of rotatable bonds is 9. The van der Waals surface area contributed by atoms with E-state index in [0.29, 0.717) is 23.3 Å². The Bertz CT molecular complexity index is 1780. The molecule has 1 aromatic heterocycles. The Morgan fingerprint density at radius 3 is 2.36 bits per heavy atom. The molecule has 1 saturated heterocycles. The van der Waals surface area contributed by atoms with Gasteiger partial charge in [0.1, 0.15) is 6.04 Å². The first-order valence-corrected chi connectivity index (χ1v) is 16.1. The first-order chi connectivity index (χ1) is 20.0. The van der Waals surface area contributed by atoms with E-state index in [4.69, 9.17) is 0 Å². The highest BCUT2D eigenvalue weighted by Gasteiger charge is 2.25. The van der Waals surface area contributed by atoms with E-state index in [0.717, 1.165) is 60.0 Å². The van der Waals surface area contributed by atoms with E-state index in [2.05, 4.69) is 19.9 Å². The molecule has 220 valence electrons. The highest BCUT2D eigenvalue weighted by atomic mass is 32.2. The summed E-state index contributed by atoms with van der Waals surface area (Å²) in [6, 6.07) is 18.0. The maximum absolute atomic E-state index is 13.7. The SMILES string of the molecule is Cc1cc2ncc(=O)n(C(C)C(=O)NC(CN3CCCC3)c3ccc(-c4cccc(NS(C)(=O)=O)c4)cc3)c2cc1C. The van der Waals surface area contributed by atoms with Crippen LogP contribution in [0.4, 0.5) is 5.69 Å². The standard InChI is InChI=1S/C32H37N5O4S/c1-21-16-28-30(17-22(21)2)37(31(38)19-33-28)23(3)32(39)34-29(20-36-14-5-6-15-36)25-12-10-24(11-13-25)26-8-7-9-27(18-26)35-42(4,40)41/h7-13,16-19,23,29,35H,5-6,14-15,20H2,1-4H3,(H,34,39). The van der Waals surface area contributed by atoms with E-state index in [1.54, 1.807) is 19.1 Å². The van der Waals surface area contributed by atoms with Crippen molar-refractivity contribution in [3.63, 3.8) is 0 Å². The van der Waals surface area contributed by atoms with Crippen molar-refractivity contribution in [3.05, 3.63) is 93.9 Å². The molecule has 10 heteroatoms. The van der Waals surface area contributed by atoms with E-state index in [-0.39, 0.29) is 17.5 Å². The number of nitrogens with one attached hydrogen (secondary N) is 2. The molecule has 1 fully saturated rings. The Labute approximate surface area is 246 Å². The normalized spacial score (nSPS) is 15.4. The number of carbonyl (C=O) groups excluding carboxylic acids is 1. The number of likely N-dealkylation sites (tertiary alicyclic amines) is 1. The van der Waals surface area contributed by atoms with Gasteiger partial charge in [0.15, 0.2) is 0 Å². The summed E-state index contributed by atoms with van der Waals surface area (Å²) in [6.45, 7) is 8.35. The van der Waals surface area contributed by atoms with Gasteiger partial charge in [-0.25, -0.2) is 13.4 Å². The minimum atomic E-state index is -3.38. The van der Waals surface area contributed by atoms with E-state index in [1.165, 1.54) is 10.8 Å². The summed E-state index contributed by atoms with van der Waals surface area (Å²) in [7, 11) is -3.38. The Morgan fingerprint density at radius 1 is 0.976 bits per heavy atom. The van der Waals surface area contributed by atoms with Crippen molar-refractivity contribution < 1.29 is 13.2 Å². The second-order valence-corrected chi connectivity index (χ2v) is 13.0. The van der Waals surface area contributed by atoms with E-state index < -0.39 is 16.1 Å². The molecule has 42 heavy (non-hydrogen) atoms. The summed E-state index contributed by atoms with van der Waals surface area (Å²) in [5, 5.41) is 3.23. The number of aryl methyl sites for hydroxylation is 2. The minimum absolute atomic E-state index is 0.240. The van der Waals surface area contributed by atoms with Crippen LogP contribution in [0.1, 0.15) is 48.5 Å². The third kappa shape index (κ3) is 6.71. The fourth-order valence-electron chi connectivity index (χ4n) is 5.54. The summed E-state index contributed by atoms with van der Waals surface area (Å²) in [6.07, 6.45) is 4.66. The number of nitrogens with zero attached hydrogens (tertiary/aromatic N) is 3.